The maximum absolute atomic E-state index is 12.3. The van der Waals surface area contributed by atoms with Gasteiger partial charge in [0.1, 0.15) is 6.04 Å². The number of anilines is 1. The molecular weight excluding hydrogens is 432 g/mol. The van der Waals surface area contributed by atoms with Crippen LogP contribution in [0.25, 0.3) is 0 Å². The van der Waals surface area contributed by atoms with Crippen LogP contribution in [0.15, 0.2) is 58.3 Å². The van der Waals surface area contributed by atoms with Crippen LogP contribution >= 0.6 is 0 Å². The highest BCUT2D eigenvalue weighted by atomic mass is 16.4. The van der Waals surface area contributed by atoms with Crippen molar-refractivity contribution in [3.8, 4) is 0 Å². The third kappa shape index (κ3) is 7.31. The molecule has 12 heteroatoms. The van der Waals surface area contributed by atoms with Gasteiger partial charge in [0.2, 0.25) is 5.96 Å². The molecule has 0 radical (unpaired) electrons. The molecule has 0 saturated carbocycles. The van der Waals surface area contributed by atoms with Crippen LogP contribution in [-0.2, 0) is 14.4 Å². The van der Waals surface area contributed by atoms with Gasteiger partial charge < -0.3 is 26.6 Å². The Balaban J connectivity index is 1.99. The molecule has 0 fully saturated rings. The van der Waals surface area contributed by atoms with E-state index < -0.39 is 29.8 Å². The van der Waals surface area contributed by atoms with Gasteiger partial charge in [-0.2, -0.15) is 0 Å². The van der Waals surface area contributed by atoms with Crippen molar-refractivity contribution in [2.75, 3.05) is 11.9 Å². The fourth-order valence-corrected chi connectivity index (χ4v) is 2.70. The lowest BCUT2D eigenvalue weighted by Gasteiger charge is -2.15. The van der Waals surface area contributed by atoms with E-state index in [1.54, 1.807) is 25.1 Å². The number of hydrogen-bond donors (Lipinski definition) is 6. The Morgan fingerprint density at radius 2 is 1.94 bits per heavy atom. The second-order valence-electron chi connectivity index (χ2n) is 6.87. The smallest absolute Gasteiger partial charge is 0.326 e. The summed E-state index contributed by atoms with van der Waals surface area (Å²) in [5.41, 5.74) is 7.04. The number of nitrogens with one attached hydrogen (secondary N) is 3. The molecule has 0 aliphatic carbocycles. The van der Waals surface area contributed by atoms with E-state index in [4.69, 9.17) is 15.9 Å². The van der Waals surface area contributed by atoms with Crippen molar-refractivity contribution in [2.45, 2.75) is 25.8 Å². The number of benzene rings is 1. The summed E-state index contributed by atoms with van der Waals surface area (Å²) >= 11 is 0. The number of carboxylic acids is 2. The summed E-state index contributed by atoms with van der Waals surface area (Å²) in [6.45, 7) is 5.67. The lowest BCUT2D eigenvalue weighted by molar-refractivity contribution is -0.140. The Hall–Kier alpha value is -4.48. The molecule has 2 amide bonds. The molecule has 174 valence electrons. The zero-order chi connectivity index (χ0) is 24.5. The summed E-state index contributed by atoms with van der Waals surface area (Å²) < 4.78 is 0. The van der Waals surface area contributed by atoms with Gasteiger partial charge in [-0.1, -0.05) is 12.7 Å². The van der Waals surface area contributed by atoms with Gasteiger partial charge in [-0.05, 0) is 37.6 Å². The van der Waals surface area contributed by atoms with E-state index in [-0.39, 0.29) is 42.3 Å². The third-order valence-electron chi connectivity index (χ3n) is 4.45. The number of nitrogens with zero attached hydrogens (tertiary/aromatic N) is 2. The number of hydrogen-bond acceptors (Lipinski definition) is 8. The molecule has 2 rings (SSSR count). The van der Waals surface area contributed by atoms with E-state index in [1.165, 1.54) is 12.1 Å². The quantitative estimate of drug-likeness (QED) is 0.292. The summed E-state index contributed by atoms with van der Waals surface area (Å²) in [6.07, 6.45) is 1.09. The topological polar surface area (TPSA) is 196 Å². The monoisotopic (exact) mass is 456 g/mol. The molecule has 0 aromatic heterocycles. The van der Waals surface area contributed by atoms with E-state index in [9.17, 15) is 19.2 Å². The zero-order valence-electron chi connectivity index (χ0n) is 17.8. The molecule has 0 saturated heterocycles. The number of rotatable bonds is 10. The number of guanidine groups is 1. The summed E-state index contributed by atoms with van der Waals surface area (Å²) in [7, 11) is 0. The van der Waals surface area contributed by atoms with Crippen LogP contribution in [0.1, 0.15) is 30.1 Å². The zero-order valence-corrected chi connectivity index (χ0v) is 17.8. The Labute approximate surface area is 189 Å². The van der Waals surface area contributed by atoms with Gasteiger partial charge in [-0.15, -0.1) is 0 Å². The molecule has 1 aliphatic rings. The third-order valence-corrected chi connectivity index (χ3v) is 4.45. The van der Waals surface area contributed by atoms with Gasteiger partial charge in [-0.3, -0.25) is 19.7 Å². The van der Waals surface area contributed by atoms with E-state index in [0.29, 0.717) is 11.4 Å². The summed E-state index contributed by atoms with van der Waals surface area (Å²) in [6, 6.07) is 4.89. The van der Waals surface area contributed by atoms with Crippen LogP contribution in [0.2, 0.25) is 0 Å². The van der Waals surface area contributed by atoms with E-state index in [1.807, 2.05) is 0 Å². The Bertz CT molecular complexity index is 1060. The summed E-state index contributed by atoms with van der Waals surface area (Å²) in [5, 5.41) is 25.6. The van der Waals surface area contributed by atoms with Crippen LogP contribution in [0, 0.1) is 0 Å². The molecule has 1 aliphatic heterocycles. The molecular formula is C21H24N6O6. The number of carbonyl (C=O) groups is 4. The number of amides is 2. The number of allylic oxidation sites excluding steroid dienone is 1. The van der Waals surface area contributed by atoms with E-state index in [2.05, 4.69) is 32.5 Å². The Morgan fingerprint density at radius 3 is 2.48 bits per heavy atom. The minimum Gasteiger partial charge on any atom is -0.481 e. The van der Waals surface area contributed by atoms with Crippen molar-refractivity contribution in [1.29, 1.82) is 0 Å². The van der Waals surface area contributed by atoms with Crippen LogP contribution in [0.3, 0.4) is 0 Å². The molecule has 1 aromatic rings. The summed E-state index contributed by atoms with van der Waals surface area (Å²) in [4.78, 5) is 54.4. The molecule has 1 heterocycles. The first kappa shape index (κ1) is 24.8. The lowest BCUT2D eigenvalue weighted by Crippen LogP contribution is -2.45. The van der Waals surface area contributed by atoms with Gasteiger partial charge in [-0.25, -0.2) is 14.8 Å². The van der Waals surface area contributed by atoms with Gasteiger partial charge in [0, 0.05) is 17.7 Å². The first-order valence-electron chi connectivity index (χ1n) is 9.78. The Morgan fingerprint density at radius 1 is 1.27 bits per heavy atom. The second-order valence-corrected chi connectivity index (χ2v) is 6.87. The van der Waals surface area contributed by atoms with Crippen molar-refractivity contribution >= 4 is 41.1 Å². The van der Waals surface area contributed by atoms with Crippen LogP contribution < -0.4 is 21.7 Å². The maximum Gasteiger partial charge on any atom is 0.326 e. The van der Waals surface area contributed by atoms with Crippen LogP contribution in [-0.4, -0.2) is 58.2 Å². The first-order valence-corrected chi connectivity index (χ1v) is 9.78. The number of carbonyl (C=O) groups excluding carboxylic acids is 2. The highest BCUT2D eigenvalue weighted by Gasteiger charge is 2.22. The fraction of sp³-hybridized carbons (Fsp3) is 0.238. The fourth-order valence-electron chi connectivity index (χ4n) is 2.70. The van der Waals surface area contributed by atoms with Crippen molar-refractivity contribution in [3.05, 3.63) is 53.9 Å². The van der Waals surface area contributed by atoms with Crippen LogP contribution in [0.4, 0.5) is 5.69 Å². The first-order chi connectivity index (χ1) is 15.6. The van der Waals surface area contributed by atoms with Crippen molar-refractivity contribution < 1.29 is 29.4 Å². The molecule has 0 bridgehead atoms. The average molecular weight is 456 g/mol. The molecule has 33 heavy (non-hydrogen) atoms. The number of carboxylic acid groups (broad SMARTS) is 2. The SMILES string of the molecule is C=C1N=C(N)NC(=O)C1=N/C(=C\C)CNc1ccc(C(=O)NC(CCC(=O)O)C(=O)O)cc1. The van der Waals surface area contributed by atoms with Crippen molar-refractivity contribution in [2.24, 2.45) is 15.7 Å². The molecule has 0 spiro atoms. The van der Waals surface area contributed by atoms with Crippen molar-refractivity contribution in [3.63, 3.8) is 0 Å². The van der Waals surface area contributed by atoms with E-state index in [0.717, 1.165) is 0 Å². The van der Waals surface area contributed by atoms with Gasteiger partial charge >= 0.3 is 11.9 Å². The normalized spacial score (nSPS) is 16.0. The van der Waals surface area contributed by atoms with Crippen molar-refractivity contribution in [1.82, 2.24) is 10.6 Å². The molecule has 1 unspecified atom stereocenters. The molecule has 12 nitrogen and oxygen atoms in total. The van der Waals surface area contributed by atoms with Gasteiger partial charge in [0.05, 0.1) is 17.9 Å². The van der Waals surface area contributed by atoms with Gasteiger partial charge in [0.25, 0.3) is 11.8 Å². The Kier molecular flexibility index (Phi) is 8.43. The van der Waals surface area contributed by atoms with E-state index >= 15 is 0 Å². The highest BCUT2D eigenvalue weighted by molar-refractivity contribution is 6.48. The highest BCUT2D eigenvalue weighted by Crippen LogP contribution is 2.13. The van der Waals surface area contributed by atoms with Gasteiger partial charge in [0.15, 0.2) is 5.71 Å². The molecule has 7 N–H and O–H groups in total. The minimum atomic E-state index is -1.31. The van der Waals surface area contributed by atoms with Crippen LogP contribution in [0.5, 0.6) is 0 Å². The average Bonchev–Trinajstić information content (AvgIpc) is 2.75. The number of aliphatic carboxylic acids is 2. The number of aliphatic imine (C=N–C) groups is 2. The summed E-state index contributed by atoms with van der Waals surface area (Å²) in [5.74, 6) is -3.66. The second kappa shape index (κ2) is 11.2. The maximum atomic E-state index is 12.3. The molecule has 1 aromatic carbocycles. The molecule has 1 atom stereocenters. The standard InChI is InChI=1S/C21H24N6O6/c1-3-13(25-17-11(2)24-21(22)27-19(17)31)10-23-14-6-4-12(5-7-14)18(30)26-15(20(32)33)8-9-16(28)29/h3-7,15,23H,2,8-10H2,1H3,(H,26,30)(H,28,29)(H,32,33)(H3,22,24,27,31)/b13-3-,25-17?. The lowest BCUT2D eigenvalue weighted by atomic mass is 10.1. The predicted octanol–water partition coefficient (Wildman–Crippen LogP) is 0.449. The number of nitrogens with two attached hydrogens (primary N) is 1. The minimum absolute atomic E-state index is 0.0435. The largest absolute Gasteiger partial charge is 0.481 e. The predicted molar refractivity (Wildman–Crippen MR) is 121 cm³/mol.